The Morgan fingerprint density at radius 2 is 2.21 bits per heavy atom. The van der Waals surface area contributed by atoms with Crippen molar-refractivity contribution in [3.05, 3.63) is 18.0 Å². The summed E-state index contributed by atoms with van der Waals surface area (Å²) in [5.41, 5.74) is 0.667. The van der Waals surface area contributed by atoms with Gasteiger partial charge in [0.05, 0.1) is 12.1 Å². The largest absolute Gasteiger partial charge is 0.375 e. The zero-order valence-corrected chi connectivity index (χ0v) is 15.0. The molecule has 1 aliphatic heterocycles. The second kappa shape index (κ2) is 7.66. The van der Waals surface area contributed by atoms with Crippen LogP contribution >= 0.6 is 0 Å². The first-order valence-corrected chi connectivity index (χ1v) is 9.19. The molecule has 1 unspecified atom stereocenters. The van der Waals surface area contributed by atoms with Crippen LogP contribution in [0.25, 0.3) is 0 Å². The fourth-order valence-corrected chi connectivity index (χ4v) is 3.95. The zero-order valence-electron chi connectivity index (χ0n) is 15.0. The topological polar surface area (TPSA) is 59.4 Å². The van der Waals surface area contributed by atoms with Gasteiger partial charge < -0.3 is 15.0 Å². The molecule has 1 spiro atoms. The van der Waals surface area contributed by atoms with E-state index in [1.54, 1.807) is 16.9 Å². The Kier molecular flexibility index (Phi) is 5.56. The maximum Gasteiger partial charge on any atom is 0.269 e. The highest BCUT2D eigenvalue weighted by Crippen LogP contribution is 2.38. The molecule has 1 aromatic heterocycles. The number of aromatic nitrogens is 2. The molecule has 2 heterocycles. The molecule has 1 aliphatic carbocycles. The zero-order chi connectivity index (χ0) is 17.0. The number of likely N-dealkylation sites (N-methyl/N-ethyl adjacent to an activating group) is 1. The molecule has 0 aromatic carbocycles. The normalized spacial score (nSPS) is 23.5. The van der Waals surface area contributed by atoms with Gasteiger partial charge >= 0.3 is 0 Å². The molecule has 24 heavy (non-hydrogen) atoms. The van der Waals surface area contributed by atoms with Gasteiger partial charge in [0, 0.05) is 25.4 Å². The Morgan fingerprint density at radius 3 is 2.96 bits per heavy atom. The maximum absolute atomic E-state index is 12.7. The molecule has 1 atom stereocenters. The summed E-state index contributed by atoms with van der Waals surface area (Å²) in [7, 11) is 4.05. The molecule has 1 saturated heterocycles. The number of hydrogen-bond donors (Lipinski definition) is 1. The minimum atomic E-state index is -0.0101. The monoisotopic (exact) mass is 334 g/mol. The highest BCUT2D eigenvalue weighted by molar-refractivity contribution is 5.92. The van der Waals surface area contributed by atoms with Gasteiger partial charge in [-0.1, -0.05) is 19.3 Å². The summed E-state index contributed by atoms with van der Waals surface area (Å²) in [6.07, 6.45) is 9.64. The Labute approximate surface area is 144 Å². The molecule has 2 aliphatic rings. The minimum Gasteiger partial charge on any atom is -0.375 e. The van der Waals surface area contributed by atoms with E-state index in [-0.39, 0.29) is 17.6 Å². The first-order chi connectivity index (χ1) is 11.6. The van der Waals surface area contributed by atoms with E-state index in [9.17, 15) is 4.79 Å². The number of carbonyl (C=O) groups excluding carboxylic acids is 1. The second-order valence-corrected chi connectivity index (χ2v) is 7.50. The van der Waals surface area contributed by atoms with Gasteiger partial charge in [-0.25, -0.2) is 0 Å². The van der Waals surface area contributed by atoms with E-state index in [1.807, 2.05) is 14.1 Å². The van der Waals surface area contributed by atoms with E-state index in [1.165, 1.54) is 19.3 Å². The summed E-state index contributed by atoms with van der Waals surface area (Å²) in [6, 6.07) is 2.02. The van der Waals surface area contributed by atoms with Crippen molar-refractivity contribution < 1.29 is 9.53 Å². The molecule has 1 saturated carbocycles. The Balaban J connectivity index is 1.59. The van der Waals surface area contributed by atoms with E-state index in [0.717, 1.165) is 45.4 Å². The third kappa shape index (κ3) is 4.16. The molecule has 0 bridgehead atoms. The van der Waals surface area contributed by atoms with Crippen LogP contribution in [0.1, 0.15) is 55.4 Å². The fraction of sp³-hybridized carbons (Fsp3) is 0.778. The van der Waals surface area contributed by atoms with Crippen molar-refractivity contribution in [1.29, 1.82) is 0 Å². The third-order valence-corrected chi connectivity index (χ3v) is 5.30. The summed E-state index contributed by atoms with van der Waals surface area (Å²) in [5.74, 6) is -0.0101. The molecule has 134 valence electrons. The smallest absolute Gasteiger partial charge is 0.269 e. The molecular weight excluding hydrogens is 304 g/mol. The van der Waals surface area contributed by atoms with Crippen LogP contribution in [0.15, 0.2) is 12.3 Å². The number of nitrogens with one attached hydrogen (secondary N) is 1. The maximum atomic E-state index is 12.7. The molecule has 1 N–H and O–H groups in total. The lowest BCUT2D eigenvalue weighted by molar-refractivity contribution is -0.108. The molecule has 3 rings (SSSR count). The molecule has 2 fully saturated rings. The Morgan fingerprint density at radius 1 is 1.42 bits per heavy atom. The van der Waals surface area contributed by atoms with Crippen molar-refractivity contribution in [3.63, 3.8) is 0 Å². The van der Waals surface area contributed by atoms with E-state index in [2.05, 4.69) is 15.3 Å². The van der Waals surface area contributed by atoms with Crippen LogP contribution in [0, 0.1) is 0 Å². The van der Waals surface area contributed by atoms with Crippen LogP contribution < -0.4 is 5.32 Å². The van der Waals surface area contributed by atoms with Gasteiger partial charge in [0.15, 0.2) is 0 Å². The van der Waals surface area contributed by atoms with Gasteiger partial charge in [-0.15, -0.1) is 0 Å². The van der Waals surface area contributed by atoms with Gasteiger partial charge in [-0.3, -0.25) is 9.48 Å². The van der Waals surface area contributed by atoms with E-state index in [4.69, 9.17) is 4.74 Å². The van der Waals surface area contributed by atoms with Gasteiger partial charge in [-0.05, 0) is 45.8 Å². The average Bonchev–Trinajstić information content (AvgIpc) is 3.02. The van der Waals surface area contributed by atoms with E-state index in [0.29, 0.717) is 5.69 Å². The number of nitrogens with zero attached hydrogens (tertiary/aromatic N) is 3. The predicted octanol–water partition coefficient (Wildman–Crippen LogP) is 2.06. The summed E-state index contributed by atoms with van der Waals surface area (Å²) < 4.78 is 7.92. The Hall–Kier alpha value is -1.40. The highest BCUT2D eigenvalue weighted by atomic mass is 16.5. The first-order valence-electron chi connectivity index (χ1n) is 9.19. The summed E-state index contributed by atoms with van der Waals surface area (Å²) >= 11 is 0. The Bertz CT molecular complexity index is 543. The average molecular weight is 334 g/mol. The number of ether oxygens (including phenoxy) is 1. The first kappa shape index (κ1) is 17.4. The van der Waals surface area contributed by atoms with Crippen LogP contribution in [0.3, 0.4) is 0 Å². The van der Waals surface area contributed by atoms with Crippen molar-refractivity contribution in [2.75, 3.05) is 27.2 Å². The van der Waals surface area contributed by atoms with Crippen LogP contribution in [0.5, 0.6) is 0 Å². The van der Waals surface area contributed by atoms with Crippen LogP contribution in [0.2, 0.25) is 0 Å². The number of carbonyl (C=O) groups is 1. The van der Waals surface area contributed by atoms with Crippen molar-refractivity contribution in [2.24, 2.45) is 0 Å². The van der Waals surface area contributed by atoms with Gasteiger partial charge in [-0.2, -0.15) is 5.10 Å². The number of rotatable bonds is 5. The summed E-state index contributed by atoms with van der Waals surface area (Å²) in [6.45, 7) is 2.34. The fourth-order valence-electron chi connectivity index (χ4n) is 3.95. The highest BCUT2D eigenvalue weighted by Gasteiger charge is 2.39. The van der Waals surface area contributed by atoms with Gasteiger partial charge in [0.2, 0.25) is 0 Å². The van der Waals surface area contributed by atoms with Gasteiger partial charge in [0.25, 0.3) is 5.91 Å². The number of amides is 1. The second-order valence-electron chi connectivity index (χ2n) is 7.50. The summed E-state index contributed by atoms with van der Waals surface area (Å²) in [5, 5.41) is 7.52. The van der Waals surface area contributed by atoms with E-state index < -0.39 is 0 Å². The molecule has 6 nitrogen and oxygen atoms in total. The van der Waals surface area contributed by atoms with Crippen LogP contribution in [-0.4, -0.2) is 59.5 Å². The minimum absolute atomic E-state index is 0.0101. The van der Waals surface area contributed by atoms with Crippen molar-refractivity contribution in [2.45, 2.75) is 63.1 Å². The van der Waals surface area contributed by atoms with Crippen LogP contribution in [-0.2, 0) is 11.3 Å². The third-order valence-electron chi connectivity index (χ3n) is 5.30. The standard InChI is InChI=1S/C18H30N4O2/c1-21(2)11-12-22-16(6-10-19-22)17(23)20-15-7-13-24-18(14-15)8-4-3-5-9-18/h6,10,15H,3-5,7-9,11-14H2,1-2H3,(H,20,23). The molecule has 1 amide bonds. The molecule has 1 aromatic rings. The molecular formula is C18H30N4O2. The van der Waals surface area contributed by atoms with Crippen molar-refractivity contribution >= 4 is 5.91 Å². The predicted molar refractivity (Wildman–Crippen MR) is 93.0 cm³/mol. The number of hydrogen-bond acceptors (Lipinski definition) is 4. The molecule has 0 radical (unpaired) electrons. The van der Waals surface area contributed by atoms with Gasteiger partial charge in [0.1, 0.15) is 5.69 Å². The summed E-state index contributed by atoms with van der Waals surface area (Å²) in [4.78, 5) is 14.8. The SMILES string of the molecule is CN(C)CCn1nccc1C(=O)NC1CCOC2(CCCCC2)C1. The lowest BCUT2D eigenvalue weighted by atomic mass is 9.78. The quantitative estimate of drug-likeness (QED) is 0.895. The van der Waals surface area contributed by atoms with Crippen LogP contribution in [0.4, 0.5) is 0 Å². The van der Waals surface area contributed by atoms with Crippen molar-refractivity contribution in [1.82, 2.24) is 20.0 Å². The lowest BCUT2D eigenvalue weighted by Crippen LogP contribution is -2.49. The molecule has 6 heteroatoms. The van der Waals surface area contributed by atoms with Crippen molar-refractivity contribution in [3.8, 4) is 0 Å². The lowest BCUT2D eigenvalue weighted by Gasteiger charge is -2.43. The van der Waals surface area contributed by atoms with E-state index >= 15 is 0 Å².